The molecule has 0 saturated heterocycles. The van der Waals surface area contributed by atoms with E-state index in [-0.39, 0.29) is 0 Å². The number of carbonyl (C=O) groups excluding carboxylic acids is 1. The van der Waals surface area contributed by atoms with Gasteiger partial charge in [0.05, 0.1) is 12.7 Å². The number of aromatic nitrogens is 1. The molecule has 0 fully saturated rings. The summed E-state index contributed by atoms with van der Waals surface area (Å²) in [5, 5.41) is 0. The zero-order valence-electron chi connectivity index (χ0n) is 9.38. The van der Waals surface area contributed by atoms with Crippen LogP contribution in [-0.4, -0.2) is 18.1 Å². The molecule has 0 bridgehead atoms. The number of hydrogen-bond acceptors (Lipinski definition) is 4. The Bertz CT molecular complexity index is 538. The lowest BCUT2D eigenvalue weighted by Crippen LogP contribution is -2.05. The number of pyridine rings is 1. The summed E-state index contributed by atoms with van der Waals surface area (Å²) in [5.41, 5.74) is 8.46. The number of hydrogen-bond donors (Lipinski definition) is 1. The van der Waals surface area contributed by atoms with Crippen LogP contribution >= 0.6 is 0 Å². The zero-order chi connectivity index (χ0) is 12.3. The van der Waals surface area contributed by atoms with Crippen LogP contribution in [0.15, 0.2) is 42.7 Å². The summed E-state index contributed by atoms with van der Waals surface area (Å²) in [4.78, 5) is 15.4. The minimum absolute atomic E-state index is 0.375. The van der Waals surface area contributed by atoms with Gasteiger partial charge in [-0.15, -0.1) is 0 Å². The number of nitrogen functional groups attached to an aromatic ring is 1. The van der Waals surface area contributed by atoms with E-state index in [1.807, 2.05) is 18.2 Å². The standard InChI is InChI=1S/C13H12N2O2/c1-17-13(16)11-5-4-9(7-12(11)14)10-3-2-6-15-8-10/h2-8H,14H2,1H3. The Kier molecular flexibility index (Phi) is 3.05. The first-order valence-electron chi connectivity index (χ1n) is 5.10. The lowest BCUT2D eigenvalue weighted by Gasteiger charge is -2.06. The average molecular weight is 228 g/mol. The molecule has 0 aliphatic carbocycles. The molecule has 4 nitrogen and oxygen atoms in total. The van der Waals surface area contributed by atoms with Gasteiger partial charge in [0.1, 0.15) is 0 Å². The quantitative estimate of drug-likeness (QED) is 0.631. The van der Waals surface area contributed by atoms with Crippen molar-refractivity contribution < 1.29 is 9.53 Å². The average Bonchev–Trinajstić information content (AvgIpc) is 2.39. The van der Waals surface area contributed by atoms with Crippen LogP contribution in [0.5, 0.6) is 0 Å². The molecule has 17 heavy (non-hydrogen) atoms. The van der Waals surface area contributed by atoms with Crippen molar-refractivity contribution in [3.05, 3.63) is 48.3 Å². The molecule has 2 rings (SSSR count). The highest BCUT2D eigenvalue weighted by molar-refractivity contribution is 5.96. The van der Waals surface area contributed by atoms with E-state index in [1.165, 1.54) is 7.11 Å². The molecule has 0 saturated carbocycles. The zero-order valence-corrected chi connectivity index (χ0v) is 9.38. The van der Waals surface area contributed by atoms with Crippen LogP contribution in [0.2, 0.25) is 0 Å². The van der Waals surface area contributed by atoms with Crippen molar-refractivity contribution in [2.24, 2.45) is 0 Å². The molecular formula is C13H12N2O2. The molecule has 1 heterocycles. The maximum atomic E-state index is 11.4. The third kappa shape index (κ3) is 2.25. The molecule has 0 spiro atoms. The van der Waals surface area contributed by atoms with Gasteiger partial charge >= 0.3 is 5.97 Å². The Morgan fingerprint density at radius 1 is 1.29 bits per heavy atom. The van der Waals surface area contributed by atoms with Gasteiger partial charge < -0.3 is 10.5 Å². The Balaban J connectivity index is 2.41. The number of ether oxygens (including phenoxy) is 1. The first-order chi connectivity index (χ1) is 8.22. The van der Waals surface area contributed by atoms with Crippen LogP contribution in [0.25, 0.3) is 11.1 Å². The number of nitrogens with zero attached hydrogens (tertiary/aromatic N) is 1. The van der Waals surface area contributed by atoms with Crippen LogP contribution in [0.3, 0.4) is 0 Å². The van der Waals surface area contributed by atoms with Crippen LogP contribution in [0.1, 0.15) is 10.4 Å². The molecule has 0 atom stereocenters. The van der Waals surface area contributed by atoms with Crippen molar-refractivity contribution in [3.63, 3.8) is 0 Å². The minimum atomic E-state index is -0.430. The molecule has 4 heteroatoms. The van der Waals surface area contributed by atoms with E-state index >= 15 is 0 Å². The van der Waals surface area contributed by atoms with Gasteiger partial charge in [0.15, 0.2) is 0 Å². The fourth-order valence-corrected chi connectivity index (χ4v) is 1.57. The van der Waals surface area contributed by atoms with Crippen molar-refractivity contribution in [2.45, 2.75) is 0 Å². The van der Waals surface area contributed by atoms with Crippen LogP contribution in [-0.2, 0) is 4.74 Å². The minimum Gasteiger partial charge on any atom is -0.465 e. The molecular weight excluding hydrogens is 216 g/mol. The number of benzene rings is 1. The number of methoxy groups -OCH3 is 1. The number of esters is 1. The summed E-state index contributed by atoms with van der Waals surface area (Å²) in [5.74, 6) is -0.430. The van der Waals surface area contributed by atoms with Crippen LogP contribution < -0.4 is 5.73 Å². The highest BCUT2D eigenvalue weighted by Gasteiger charge is 2.10. The summed E-state index contributed by atoms with van der Waals surface area (Å²) in [6.07, 6.45) is 3.45. The first-order valence-corrected chi connectivity index (χ1v) is 5.10. The van der Waals surface area contributed by atoms with Gasteiger partial charge in [-0.05, 0) is 23.8 Å². The van der Waals surface area contributed by atoms with E-state index in [0.717, 1.165) is 11.1 Å². The van der Waals surface area contributed by atoms with Crippen molar-refractivity contribution in [1.82, 2.24) is 4.98 Å². The summed E-state index contributed by atoms with van der Waals surface area (Å²) in [6.45, 7) is 0. The van der Waals surface area contributed by atoms with Crippen LogP contribution in [0, 0.1) is 0 Å². The van der Waals surface area contributed by atoms with E-state index in [0.29, 0.717) is 11.3 Å². The molecule has 1 aromatic heterocycles. The number of carbonyl (C=O) groups is 1. The predicted molar refractivity (Wildman–Crippen MR) is 65.4 cm³/mol. The SMILES string of the molecule is COC(=O)c1ccc(-c2cccnc2)cc1N. The summed E-state index contributed by atoms with van der Waals surface area (Å²) in [6, 6.07) is 8.99. The Morgan fingerprint density at radius 3 is 2.71 bits per heavy atom. The summed E-state index contributed by atoms with van der Waals surface area (Å²) in [7, 11) is 1.33. The topological polar surface area (TPSA) is 65.2 Å². The smallest absolute Gasteiger partial charge is 0.339 e. The van der Waals surface area contributed by atoms with Gasteiger partial charge in [0.2, 0.25) is 0 Å². The molecule has 1 aromatic carbocycles. The van der Waals surface area contributed by atoms with Gasteiger partial charge in [-0.25, -0.2) is 4.79 Å². The molecule has 0 unspecified atom stereocenters. The number of anilines is 1. The van der Waals surface area contributed by atoms with Gasteiger partial charge in [-0.3, -0.25) is 4.98 Å². The van der Waals surface area contributed by atoms with Crippen molar-refractivity contribution in [1.29, 1.82) is 0 Å². The normalized spacial score (nSPS) is 9.94. The molecule has 0 aliphatic rings. The van der Waals surface area contributed by atoms with Crippen molar-refractivity contribution in [3.8, 4) is 11.1 Å². The van der Waals surface area contributed by atoms with Crippen molar-refractivity contribution >= 4 is 11.7 Å². The summed E-state index contributed by atoms with van der Waals surface area (Å²) >= 11 is 0. The second kappa shape index (κ2) is 4.65. The maximum Gasteiger partial charge on any atom is 0.339 e. The van der Waals surface area contributed by atoms with E-state index < -0.39 is 5.97 Å². The van der Waals surface area contributed by atoms with Crippen molar-refractivity contribution in [2.75, 3.05) is 12.8 Å². The highest BCUT2D eigenvalue weighted by atomic mass is 16.5. The molecule has 86 valence electrons. The summed E-state index contributed by atoms with van der Waals surface area (Å²) < 4.78 is 4.63. The third-order valence-corrected chi connectivity index (χ3v) is 2.45. The van der Waals surface area contributed by atoms with Gasteiger partial charge in [0, 0.05) is 23.6 Å². The third-order valence-electron chi connectivity index (χ3n) is 2.45. The molecule has 0 radical (unpaired) electrons. The second-order valence-electron chi connectivity index (χ2n) is 3.54. The fourth-order valence-electron chi connectivity index (χ4n) is 1.57. The van der Waals surface area contributed by atoms with E-state index in [4.69, 9.17) is 5.73 Å². The Morgan fingerprint density at radius 2 is 2.12 bits per heavy atom. The lowest BCUT2D eigenvalue weighted by molar-refractivity contribution is 0.0602. The van der Waals surface area contributed by atoms with E-state index in [2.05, 4.69) is 9.72 Å². The van der Waals surface area contributed by atoms with E-state index in [9.17, 15) is 4.79 Å². The predicted octanol–water partition coefficient (Wildman–Crippen LogP) is 2.12. The van der Waals surface area contributed by atoms with Gasteiger partial charge in [0.25, 0.3) is 0 Å². The lowest BCUT2D eigenvalue weighted by atomic mass is 10.0. The molecule has 0 amide bonds. The molecule has 0 aliphatic heterocycles. The largest absolute Gasteiger partial charge is 0.465 e. The number of rotatable bonds is 2. The fraction of sp³-hybridized carbons (Fsp3) is 0.0769. The van der Waals surface area contributed by atoms with E-state index in [1.54, 1.807) is 24.5 Å². The Hall–Kier alpha value is -2.36. The van der Waals surface area contributed by atoms with Gasteiger partial charge in [-0.1, -0.05) is 12.1 Å². The number of nitrogens with two attached hydrogens (primary N) is 1. The monoisotopic (exact) mass is 228 g/mol. The Labute approximate surface area is 99.1 Å². The maximum absolute atomic E-state index is 11.4. The van der Waals surface area contributed by atoms with Gasteiger partial charge in [-0.2, -0.15) is 0 Å². The first kappa shape index (κ1) is 11.1. The van der Waals surface area contributed by atoms with Crippen LogP contribution in [0.4, 0.5) is 5.69 Å². The molecule has 2 N–H and O–H groups in total. The second-order valence-corrected chi connectivity index (χ2v) is 3.54. The highest BCUT2D eigenvalue weighted by Crippen LogP contribution is 2.23. The molecule has 2 aromatic rings.